The maximum absolute atomic E-state index is 8.98. The number of hydrogen-bond acceptors (Lipinski definition) is 5. The molecule has 0 bridgehead atoms. The van der Waals surface area contributed by atoms with Crippen molar-refractivity contribution in [3.05, 3.63) is 11.9 Å². The largest absolute Gasteiger partial charge is 0.395 e. The van der Waals surface area contributed by atoms with Gasteiger partial charge in [-0.2, -0.15) is 0 Å². The minimum Gasteiger partial charge on any atom is -0.395 e. The van der Waals surface area contributed by atoms with Crippen LogP contribution in [0.4, 0.5) is 11.6 Å². The van der Waals surface area contributed by atoms with Crippen LogP contribution in [-0.2, 0) is 0 Å². The third-order valence-electron chi connectivity index (χ3n) is 3.36. The van der Waals surface area contributed by atoms with Gasteiger partial charge in [-0.3, -0.25) is 0 Å². The number of aliphatic hydroxyl groups excluding tert-OH is 1. The second kappa shape index (κ2) is 6.70. The molecule has 19 heavy (non-hydrogen) atoms. The first-order valence-electron chi connectivity index (χ1n) is 6.79. The summed E-state index contributed by atoms with van der Waals surface area (Å²) in [4.78, 5) is 10.7. The van der Waals surface area contributed by atoms with E-state index in [1.54, 1.807) is 0 Å². The monoisotopic (exact) mass is 266 g/mol. The maximum atomic E-state index is 8.98. The first-order chi connectivity index (χ1) is 8.88. The number of aromatic nitrogens is 2. The lowest BCUT2D eigenvalue weighted by Crippen LogP contribution is -2.25. The quantitative estimate of drug-likeness (QED) is 0.791. The summed E-state index contributed by atoms with van der Waals surface area (Å²) in [6, 6.07) is 1.92. The number of nitrogens with zero attached hydrogens (tertiary/aromatic N) is 3. The summed E-state index contributed by atoms with van der Waals surface area (Å²) in [6.45, 7) is 10.1. The number of rotatable bonds is 7. The van der Waals surface area contributed by atoms with Gasteiger partial charge in [0.2, 0.25) is 0 Å². The normalized spacial score (nSPS) is 11.5. The zero-order chi connectivity index (χ0) is 14.5. The van der Waals surface area contributed by atoms with Crippen LogP contribution >= 0.6 is 0 Å². The molecule has 0 aliphatic heterocycles. The second-order valence-corrected chi connectivity index (χ2v) is 5.68. The molecule has 0 unspecified atom stereocenters. The predicted octanol–water partition coefficient (Wildman–Crippen LogP) is 2.06. The fourth-order valence-electron chi connectivity index (χ4n) is 1.56. The lowest BCUT2D eigenvalue weighted by Gasteiger charge is -2.24. The summed E-state index contributed by atoms with van der Waals surface area (Å²) in [6.07, 6.45) is 1.11. The van der Waals surface area contributed by atoms with Crippen molar-refractivity contribution >= 4 is 11.6 Å². The minimum absolute atomic E-state index is 0.116. The highest BCUT2D eigenvalue weighted by atomic mass is 16.3. The van der Waals surface area contributed by atoms with E-state index in [0.717, 1.165) is 30.4 Å². The Morgan fingerprint density at radius 2 is 2.05 bits per heavy atom. The highest BCUT2D eigenvalue weighted by Gasteiger charge is 2.15. The standard InChI is InChI=1S/C14H26N4O/c1-6-14(3,4)10-15-12-9-13(17-11(2)16-12)18(5)7-8-19/h9,19H,6-8,10H2,1-5H3,(H,15,16,17). The topological polar surface area (TPSA) is 61.3 Å². The Balaban J connectivity index is 2.79. The van der Waals surface area contributed by atoms with Gasteiger partial charge in [0.1, 0.15) is 17.5 Å². The van der Waals surface area contributed by atoms with E-state index in [4.69, 9.17) is 5.11 Å². The van der Waals surface area contributed by atoms with E-state index in [-0.39, 0.29) is 12.0 Å². The predicted molar refractivity (Wildman–Crippen MR) is 79.7 cm³/mol. The molecule has 1 aromatic rings. The number of nitrogens with one attached hydrogen (secondary N) is 1. The van der Waals surface area contributed by atoms with E-state index in [1.165, 1.54) is 0 Å². The van der Waals surface area contributed by atoms with Crippen molar-refractivity contribution in [3.8, 4) is 0 Å². The molecule has 0 aliphatic rings. The van der Waals surface area contributed by atoms with Gasteiger partial charge in [-0.15, -0.1) is 0 Å². The summed E-state index contributed by atoms with van der Waals surface area (Å²) in [5.41, 5.74) is 0.246. The summed E-state index contributed by atoms with van der Waals surface area (Å²) in [5, 5.41) is 12.4. The van der Waals surface area contributed by atoms with Crippen LogP contribution in [0.2, 0.25) is 0 Å². The van der Waals surface area contributed by atoms with Crippen LogP contribution < -0.4 is 10.2 Å². The SMILES string of the molecule is CCC(C)(C)CNc1cc(N(C)CCO)nc(C)n1. The Morgan fingerprint density at radius 3 is 2.63 bits per heavy atom. The molecule has 5 nitrogen and oxygen atoms in total. The van der Waals surface area contributed by atoms with Gasteiger partial charge in [-0.05, 0) is 18.8 Å². The van der Waals surface area contributed by atoms with Crippen LogP contribution in [0, 0.1) is 12.3 Å². The molecule has 0 saturated heterocycles. The summed E-state index contributed by atoms with van der Waals surface area (Å²) < 4.78 is 0. The lowest BCUT2D eigenvalue weighted by molar-refractivity contribution is 0.304. The van der Waals surface area contributed by atoms with Gasteiger partial charge < -0.3 is 15.3 Å². The van der Waals surface area contributed by atoms with Crippen LogP contribution in [0.25, 0.3) is 0 Å². The molecule has 5 heteroatoms. The first-order valence-corrected chi connectivity index (χ1v) is 6.79. The van der Waals surface area contributed by atoms with Crippen molar-refractivity contribution < 1.29 is 5.11 Å². The number of aliphatic hydroxyl groups is 1. The molecule has 1 heterocycles. The fraction of sp³-hybridized carbons (Fsp3) is 0.714. The Hall–Kier alpha value is -1.36. The smallest absolute Gasteiger partial charge is 0.134 e. The van der Waals surface area contributed by atoms with Crippen molar-refractivity contribution in [2.24, 2.45) is 5.41 Å². The Morgan fingerprint density at radius 1 is 1.37 bits per heavy atom. The van der Waals surface area contributed by atoms with Gasteiger partial charge in [0.15, 0.2) is 0 Å². The Bertz CT molecular complexity index is 406. The van der Waals surface area contributed by atoms with Gasteiger partial charge in [0.05, 0.1) is 6.61 Å². The van der Waals surface area contributed by atoms with E-state index in [9.17, 15) is 0 Å². The van der Waals surface area contributed by atoms with Gasteiger partial charge in [-0.25, -0.2) is 9.97 Å². The fourth-order valence-corrected chi connectivity index (χ4v) is 1.56. The van der Waals surface area contributed by atoms with Crippen molar-refractivity contribution in [1.82, 2.24) is 9.97 Å². The number of anilines is 2. The molecule has 0 aromatic carbocycles. The molecule has 1 rings (SSSR count). The van der Waals surface area contributed by atoms with Gasteiger partial charge in [0, 0.05) is 26.2 Å². The molecule has 0 atom stereocenters. The molecular formula is C14H26N4O. The molecular weight excluding hydrogens is 240 g/mol. The molecule has 0 saturated carbocycles. The lowest BCUT2D eigenvalue weighted by atomic mass is 9.90. The summed E-state index contributed by atoms with van der Waals surface area (Å²) in [7, 11) is 1.91. The summed E-state index contributed by atoms with van der Waals surface area (Å²) in [5.74, 6) is 2.41. The average Bonchev–Trinajstić information content (AvgIpc) is 2.36. The number of likely N-dealkylation sites (N-methyl/N-ethyl adjacent to an activating group) is 1. The van der Waals surface area contributed by atoms with Crippen LogP contribution in [0.3, 0.4) is 0 Å². The number of aryl methyl sites for hydroxylation is 1. The minimum atomic E-state index is 0.116. The Labute approximate surface area is 116 Å². The average molecular weight is 266 g/mol. The highest BCUT2D eigenvalue weighted by molar-refractivity contribution is 5.49. The summed E-state index contributed by atoms with van der Waals surface area (Å²) >= 11 is 0. The van der Waals surface area contributed by atoms with Crippen LogP contribution in [0.5, 0.6) is 0 Å². The van der Waals surface area contributed by atoms with E-state index < -0.39 is 0 Å². The first kappa shape index (κ1) is 15.7. The van der Waals surface area contributed by atoms with Crippen LogP contribution in [0.1, 0.15) is 33.0 Å². The molecule has 0 fully saturated rings. The van der Waals surface area contributed by atoms with E-state index in [1.807, 2.05) is 24.9 Å². The van der Waals surface area contributed by atoms with Gasteiger partial charge in [-0.1, -0.05) is 20.8 Å². The van der Waals surface area contributed by atoms with Crippen LogP contribution in [-0.4, -0.2) is 41.8 Å². The van der Waals surface area contributed by atoms with Crippen molar-refractivity contribution in [1.29, 1.82) is 0 Å². The molecule has 0 spiro atoms. The zero-order valence-electron chi connectivity index (χ0n) is 12.7. The van der Waals surface area contributed by atoms with Gasteiger partial charge in [0.25, 0.3) is 0 Å². The Kier molecular flexibility index (Phi) is 5.54. The number of hydrogen-bond donors (Lipinski definition) is 2. The second-order valence-electron chi connectivity index (χ2n) is 5.68. The molecule has 1 aromatic heterocycles. The van der Waals surface area contributed by atoms with Crippen molar-refractivity contribution in [2.45, 2.75) is 34.1 Å². The molecule has 0 radical (unpaired) electrons. The van der Waals surface area contributed by atoms with E-state index >= 15 is 0 Å². The highest BCUT2D eigenvalue weighted by Crippen LogP contribution is 2.21. The van der Waals surface area contributed by atoms with Crippen molar-refractivity contribution in [3.63, 3.8) is 0 Å². The molecule has 0 amide bonds. The zero-order valence-corrected chi connectivity index (χ0v) is 12.7. The van der Waals surface area contributed by atoms with E-state index in [0.29, 0.717) is 6.54 Å². The van der Waals surface area contributed by atoms with E-state index in [2.05, 4.69) is 36.1 Å². The van der Waals surface area contributed by atoms with Crippen LogP contribution in [0.15, 0.2) is 6.07 Å². The maximum Gasteiger partial charge on any atom is 0.134 e. The van der Waals surface area contributed by atoms with Crippen molar-refractivity contribution in [2.75, 3.05) is 37.0 Å². The molecule has 2 N–H and O–H groups in total. The van der Waals surface area contributed by atoms with Gasteiger partial charge >= 0.3 is 0 Å². The third kappa shape index (κ3) is 5.03. The molecule has 0 aliphatic carbocycles. The third-order valence-corrected chi connectivity index (χ3v) is 3.36. The molecule has 108 valence electrons.